The van der Waals surface area contributed by atoms with Crippen molar-refractivity contribution in [3.05, 3.63) is 24.0 Å². The molecule has 3 rings (SSSR count). The van der Waals surface area contributed by atoms with Crippen LogP contribution in [0.4, 0.5) is 13.2 Å². The van der Waals surface area contributed by atoms with Gasteiger partial charge in [0.05, 0.1) is 0 Å². The summed E-state index contributed by atoms with van der Waals surface area (Å²) in [5.41, 5.74) is -1.09. The number of nitrogens with zero attached hydrogens (tertiary/aromatic N) is 3. The Balaban J connectivity index is 1.63. The molecule has 2 aliphatic rings. The van der Waals surface area contributed by atoms with Gasteiger partial charge in [0.25, 0.3) is 0 Å². The lowest BCUT2D eigenvalue weighted by Crippen LogP contribution is -2.52. The van der Waals surface area contributed by atoms with Crippen LogP contribution in [0.15, 0.2) is 23.2 Å². The molecule has 1 aromatic rings. The third-order valence-electron chi connectivity index (χ3n) is 5.44. The zero-order valence-corrected chi connectivity index (χ0v) is 15.6. The van der Waals surface area contributed by atoms with Crippen LogP contribution in [0.3, 0.4) is 0 Å². The highest BCUT2D eigenvalue weighted by molar-refractivity contribution is 7.89. The summed E-state index contributed by atoms with van der Waals surface area (Å²) in [6, 6.07) is 2.22. The average Bonchev–Trinajstić information content (AvgIpc) is 2.62. The van der Waals surface area contributed by atoms with Gasteiger partial charge in [-0.25, -0.2) is 8.42 Å². The normalized spacial score (nSPS) is 26.8. The van der Waals surface area contributed by atoms with Crippen LogP contribution in [0.25, 0.3) is 0 Å². The van der Waals surface area contributed by atoms with E-state index in [1.165, 1.54) is 17.1 Å². The van der Waals surface area contributed by atoms with Gasteiger partial charge < -0.3 is 0 Å². The summed E-state index contributed by atoms with van der Waals surface area (Å²) >= 11 is 0. The first-order valence-corrected chi connectivity index (χ1v) is 10.4. The van der Waals surface area contributed by atoms with Gasteiger partial charge >= 0.3 is 6.18 Å². The lowest BCUT2D eigenvalue weighted by atomic mass is 9.86. The summed E-state index contributed by atoms with van der Waals surface area (Å²) in [4.78, 5) is 5.43. The van der Waals surface area contributed by atoms with E-state index in [1.54, 1.807) is 0 Å². The molecule has 0 radical (unpaired) electrons. The number of rotatable bonds is 3. The van der Waals surface area contributed by atoms with E-state index in [1.807, 2.05) is 0 Å². The number of hydrogen-bond donors (Lipinski definition) is 0. The van der Waals surface area contributed by atoms with Crippen LogP contribution in [0, 0.1) is 5.92 Å². The molecule has 2 heterocycles. The van der Waals surface area contributed by atoms with Crippen molar-refractivity contribution in [1.82, 2.24) is 14.2 Å². The fraction of sp³-hybridized carbons (Fsp3) is 0.706. The molecule has 2 fully saturated rings. The average molecular weight is 391 g/mol. The SMILES string of the molecule is CC1CCC(N2CCN(S(=O)(=O)c3ccc(C(F)(F)F)nc3)CC2)CC1. The van der Waals surface area contributed by atoms with Crippen molar-refractivity contribution in [3.63, 3.8) is 0 Å². The number of piperazine rings is 1. The van der Waals surface area contributed by atoms with Crippen LogP contribution in [-0.4, -0.2) is 54.8 Å². The van der Waals surface area contributed by atoms with Crippen molar-refractivity contribution in [3.8, 4) is 0 Å². The van der Waals surface area contributed by atoms with Gasteiger partial charge in [0.15, 0.2) is 0 Å². The molecule has 0 N–H and O–H groups in total. The van der Waals surface area contributed by atoms with Crippen LogP contribution in [0.5, 0.6) is 0 Å². The summed E-state index contributed by atoms with van der Waals surface area (Å²) in [6.45, 7) is 4.29. The minimum absolute atomic E-state index is 0.189. The maximum absolute atomic E-state index is 12.7. The molecule has 0 spiro atoms. The third kappa shape index (κ3) is 4.20. The third-order valence-corrected chi connectivity index (χ3v) is 7.32. The topological polar surface area (TPSA) is 53.5 Å². The quantitative estimate of drug-likeness (QED) is 0.795. The zero-order valence-electron chi connectivity index (χ0n) is 14.7. The van der Waals surface area contributed by atoms with E-state index in [2.05, 4.69) is 16.8 Å². The van der Waals surface area contributed by atoms with Crippen LogP contribution in [-0.2, 0) is 16.2 Å². The second-order valence-corrected chi connectivity index (χ2v) is 9.17. The first-order chi connectivity index (χ1) is 12.2. The Morgan fingerprint density at radius 2 is 1.65 bits per heavy atom. The van der Waals surface area contributed by atoms with E-state index in [9.17, 15) is 21.6 Å². The Labute approximate surface area is 152 Å². The summed E-state index contributed by atoms with van der Waals surface area (Å²) in [5, 5.41) is 0. The van der Waals surface area contributed by atoms with E-state index in [4.69, 9.17) is 0 Å². The van der Waals surface area contributed by atoms with E-state index in [-0.39, 0.29) is 4.90 Å². The first kappa shape index (κ1) is 19.6. The summed E-state index contributed by atoms with van der Waals surface area (Å²) in [6.07, 6.45) is 0.937. The predicted octanol–water partition coefficient (Wildman–Crippen LogP) is 2.99. The van der Waals surface area contributed by atoms with Crippen molar-refractivity contribution >= 4 is 10.0 Å². The highest BCUT2D eigenvalue weighted by Crippen LogP contribution is 2.30. The molecule has 1 aromatic heterocycles. The molecule has 0 aromatic carbocycles. The number of alkyl halides is 3. The largest absolute Gasteiger partial charge is 0.433 e. The van der Waals surface area contributed by atoms with Crippen LogP contribution < -0.4 is 0 Å². The minimum Gasteiger partial charge on any atom is -0.298 e. The van der Waals surface area contributed by atoms with E-state index in [0.29, 0.717) is 38.3 Å². The van der Waals surface area contributed by atoms with E-state index in [0.717, 1.165) is 31.0 Å². The van der Waals surface area contributed by atoms with Crippen LogP contribution >= 0.6 is 0 Å². The first-order valence-electron chi connectivity index (χ1n) is 8.95. The molecule has 1 aliphatic heterocycles. The summed E-state index contributed by atoms with van der Waals surface area (Å²) in [7, 11) is -3.81. The van der Waals surface area contributed by atoms with Gasteiger partial charge in [-0.05, 0) is 43.7 Å². The minimum atomic E-state index is -4.58. The fourth-order valence-corrected chi connectivity index (χ4v) is 5.13. The molecule has 0 amide bonds. The molecule has 146 valence electrons. The van der Waals surface area contributed by atoms with Gasteiger partial charge in [-0.15, -0.1) is 0 Å². The molecule has 1 aliphatic carbocycles. The van der Waals surface area contributed by atoms with Gasteiger partial charge in [-0.3, -0.25) is 9.88 Å². The van der Waals surface area contributed by atoms with Crippen molar-refractivity contribution in [2.24, 2.45) is 5.92 Å². The highest BCUT2D eigenvalue weighted by atomic mass is 32.2. The number of halogens is 3. The Morgan fingerprint density at radius 1 is 1.04 bits per heavy atom. The second kappa shape index (κ2) is 7.44. The van der Waals surface area contributed by atoms with Gasteiger partial charge in [-0.1, -0.05) is 6.92 Å². The maximum Gasteiger partial charge on any atom is 0.433 e. The molecular formula is C17H24F3N3O2S. The van der Waals surface area contributed by atoms with Gasteiger partial charge in [0, 0.05) is 38.4 Å². The van der Waals surface area contributed by atoms with Crippen LogP contribution in [0.1, 0.15) is 38.3 Å². The summed E-state index contributed by atoms with van der Waals surface area (Å²) in [5.74, 6) is 0.764. The van der Waals surface area contributed by atoms with Crippen molar-refractivity contribution in [1.29, 1.82) is 0 Å². The van der Waals surface area contributed by atoms with Gasteiger partial charge in [0.2, 0.25) is 10.0 Å². The maximum atomic E-state index is 12.7. The number of sulfonamides is 1. The molecular weight excluding hydrogens is 367 g/mol. The molecule has 1 saturated heterocycles. The van der Waals surface area contributed by atoms with Crippen LogP contribution in [0.2, 0.25) is 0 Å². The molecule has 9 heteroatoms. The Kier molecular flexibility index (Phi) is 5.60. The predicted molar refractivity (Wildman–Crippen MR) is 91.0 cm³/mol. The fourth-order valence-electron chi connectivity index (χ4n) is 3.77. The van der Waals surface area contributed by atoms with Gasteiger partial charge in [0.1, 0.15) is 10.6 Å². The number of pyridine rings is 1. The molecule has 0 bridgehead atoms. The second-order valence-electron chi connectivity index (χ2n) is 7.23. The Morgan fingerprint density at radius 3 is 2.15 bits per heavy atom. The highest BCUT2D eigenvalue weighted by Gasteiger charge is 2.35. The Bertz CT molecular complexity index is 706. The zero-order chi connectivity index (χ0) is 18.9. The Hall–Kier alpha value is -1.19. The lowest BCUT2D eigenvalue weighted by Gasteiger charge is -2.41. The monoisotopic (exact) mass is 391 g/mol. The number of hydrogen-bond acceptors (Lipinski definition) is 4. The van der Waals surface area contributed by atoms with Crippen molar-refractivity contribution < 1.29 is 21.6 Å². The summed E-state index contributed by atoms with van der Waals surface area (Å²) < 4.78 is 64.4. The smallest absolute Gasteiger partial charge is 0.298 e. The van der Waals surface area contributed by atoms with Crippen molar-refractivity contribution in [2.45, 2.75) is 49.7 Å². The van der Waals surface area contributed by atoms with E-state index < -0.39 is 21.9 Å². The van der Waals surface area contributed by atoms with Crippen molar-refractivity contribution in [2.75, 3.05) is 26.2 Å². The standard InChI is InChI=1S/C17H24F3N3O2S/c1-13-2-4-14(5-3-13)22-8-10-23(11-9-22)26(24,25)15-6-7-16(21-12-15)17(18,19)20/h6-7,12-14H,2-5,8-11H2,1H3. The molecule has 5 nitrogen and oxygen atoms in total. The van der Waals surface area contributed by atoms with Gasteiger partial charge in [-0.2, -0.15) is 17.5 Å². The van der Waals surface area contributed by atoms with E-state index >= 15 is 0 Å². The molecule has 0 unspecified atom stereocenters. The molecule has 1 saturated carbocycles. The molecule has 26 heavy (non-hydrogen) atoms. The number of aromatic nitrogens is 1. The molecule has 0 atom stereocenters. The lowest BCUT2D eigenvalue weighted by molar-refractivity contribution is -0.141.